The summed E-state index contributed by atoms with van der Waals surface area (Å²) >= 11 is 0. The molecule has 1 aromatic rings. The molecule has 0 saturated carbocycles. The van der Waals surface area contributed by atoms with Gasteiger partial charge in [0, 0.05) is 37.4 Å². The first-order chi connectivity index (χ1) is 10.6. The van der Waals surface area contributed by atoms with Crippen molar-refractivity contribution in [2.45, 2.75) is 38.9 Å². The summed E-state index contributed by atoms with van der Waals surface area (Å²) in [7, 11) is 0. The molecule has 1 unspecified atom stereocenters. The zero-order chi connectivity index (χ0) is 15.8. The van der Waals surface area contributed by atoms with E-state index in [1.54, 1.807) is 18.3 Å². The molecule has 1 amide bonds. The molecule has 1 saturated heterocycles. The van der Waals surface area contributed by atoms with Crippen LogP contribution in [-0.2, 0) is 9.47 Å². The Bertz CT molecular complexity index is 473. The lowest BCUT2D eigenvalue weighted by atomic mass is 10.2. The van der Waals surface area contributed by atoms with Crippen LogP contribution in [-0.4, -0.2) is 49.5 Å². The highest BCUT2D eigenvalue weighted by atomic mass is 16.5. The van der Waals surface area contributed by atoms with Crippen molar-refractivity contribution in [1.29, 1.82) is 0 Å². The number of carbonyl (C=O) groups excluding carboxylic acids is 1. The molecule has 1 aromatic heterocycles. The number of hydrogen-bond donors (Lipinski definition) is 1. The standard InChI is InChI=1S/C16H24N2O4/c1-12(2)21-8-3-6-18-16(19)13-4-7-17-15(10-13)22-14-5-9-20-11-14/h4,7,10,12,14H,3,5-6,8-9,11H2,1-2H3,(H,18,19). The molecule has 1 atom stereocenters. The van der Waals surface area contributed by atoms with Gasteiger partial charge in [0.25, 0.3) is 5.91 Å². The van der Waals surface area contributed by atoms with Crippen LogP contribution in [0.4, 0.5) is 0 Å². The number of amides is 1. The van der Waals surface area contributed by atoms with Crippen LogP contribution in [0.2, 0.25) is 0 Å². The van der Waals surface area contributed by atoms with Gasteiger partial charge in [0.15, 0.2) is 0 Å². The van der Waals surface area contributed by atoms with Crippen molar-refractivity contribution in [3.8, 4) is 5.88 Å². The van der Waals surface area contributed by atoms with Gasteiger partial charge < -0.3 is 19.5 Å². The van der Waals surface area contributed by atoms with Gasteiger partial charge in [-0.25, -0.2) is 4.98 Å². The van der Waals surface area contributed by atoms with E-state index in [1.165, 1.54) is 0 Å². The van der Waals surface area contributed by atoms with Gasteiger partial charge in [-0.2, -0.15) is 0 Å². The number of nitrogens with one attached hydrogen (secondary N) is 1. The highest BCUT2D eigenvalue weighted by Crippen LogP contribution is 2.15. The zero-order valence-corrected chi connectivity index (χ0v) is 13.2. The number of aromatic nitrogens is 1. The number of carbonyl (C=O) groups is 1. The third kappa shape index (κ3) is 5.61. The number of pyridine rings is 1. The first kappa shape index (κ1) is 16.7. The Kier molecular flexibility index (Phi) is 6.61. The second-order valence-corrected chi connectivity index (χ2v) is 5.52. The molecule has 0 aliphatic carbocycles. The van der Waals surface area contributed by atoms with Crippen molar-refractivity contribution >= 4 is 5.91 Å². The van der Waals surface area contributed by atoms with Gasteiger partial charge >= 0.3 is 0 Å². The molecule has 0 radical (unpaired) electrons. The molecule has 6 nitrogen and oxygen atoms in total. The van der Waals surface area contributed by atoms with E-state index in [9.17, 15) is 4.79 Å². The van der Waals surface area contributed by atoms with Crippen molar-refractivity contribution in [3.63, 3.8) is 0 Å². The van der Waals surface area contributed by atoms with Gasteiger partial charge in [-0.3, -0.25) is 4.79 Å². The van der Waals surface area contributed by atoms with E-state index < -0.39 is 0 Å². The first-order valence-electron chi connectivity index (χ1n) is 7.75. The van der Waals surface area contributed by atoms with E-state index in [4.69, 9.17) is 14.2 Å². The number of ether oxygens (including phenoxy) is 3. The SMILES string of the molecule is CC(C)OCCCNC(=O)c1ccnc(OC2CCOC2)c1. The van der Waals surface area contributed by atoms with Crippen molar-refractivity contribution in [3.05, 3.63) is 23.9 Å². The Morgan fingerprint density at radius 2 is 2.41 bits per heavy atom. The molecule has 1 aliphatic rings. The molecule has 6 heteroatoms. The molecule has 1 fully saturated rings. The lowest BCUT2D eigenvalue weighted by Crippen LogP contribution is -2.26. The van der Waals surface area contributed by atoms with Gasteiger partial charge in [0.05, 0.1) is 19.3 Å². The van der Waals surface area contributed by atoms with Gasteiger partial charge in [0.1, 0.15) is 6.10 Å². The Morgan fingerprint density at radius 3 is 3.14 bits per heavy atom. The van der Waals surface area contributed by atoms with Crippen molar-refractivity contribution in [2.75, 3.05) is 26.4 Å². The van der Waals surface area contributed by atoms with E-state index in [0.29, 0.717) is 37.8 Å². The largest absolute Gasteiger partial charge is 0.472 e. The Balaban J connectivity index is 1.76. The fourth-order valence-corrected chi connectivity index (χ4v) is 2.09. The molecule has 22 heavy (non-hydrogen) atoms. The van der Waals surface area contributed by atoms with Crippen molar-refractivity contribution in [1.82, 2.24) is 10.3 Å². The van der Waals surface area contributed by atoms with Crippen LogP contribution < -0.4 is 10.1 Å². The normalized spacial score (nSPS) is 17.7. The van der Waals surface area contributed by atoms with Gasteiger partial charge in [-0.05, 0) is 26.3 Å². The molecule has 1 aliphatic heterocycles. The summed E-state index contributed by atoms with van der Waals surface area (Å²) in [5.41, 5.74) is 0.550. The van der Waals surface area contributed by atoms with E-state index in [1.807, 2.05) is 13.8 Å². The lowest BCUT2D eigenvalue weighted by molar-refractivity contribution is 0.0757. The molecular formula is C16H24N2O4. The zero-order valence-electron chi connectivity index (χ0n) is 13.2. The monoisotopic (exact) mass is 308 g/mol. The number of rotatable bonds is 8. The molecular weight excluding hydrogens is 284 g/mol. The van der Waals surface area contributed by atoms with Crippen molar-refractivity contribution < 1.29 is 19.0 Å². The Morgan fingerprint density at radius 1 is 1.55 bits per heavy atom. The molecule has 2 heterocycles. The average molecular weight is 308 g/mol. The summed E-state index contributed by atoms with van der Waals surface area (Å²) in [6.07, 6.45) is 3.47. The second kappa shape index (κ2) is 8.70. The fourth-order valence-electron chi connectivity index (χ4n) is 2.09. The minimum absolute atomic E-state index is 0.0268. The maximum Gasteiger partial charge on any atom is 0.251 e. The van der Waals surface area contributed by atoms with Crippen LogP contribution in [0.1, 0.15) is 37.0 Å². The summed E-state index contributed by atoms with van der Waals surface area (Å²) in [6.45, 7) is 6.50. The lowest BCUT2D eigenvalue weighted by Gasteiger charge is -2.12. The molecule has 122 valence electrons. The summed E-state index contributed by atoms with van der Waals surface area (Å²) in [5, 5.41) is 2.87. The first-order valence-corrected chi connectivity index (χ1v) is 7.75. The molecule has 0 aromatic carbocycles. The summed E-state index contributed by atoms with van der Waals surface area (Å²) in [5.74, 6) is 0.339. The highest BCUT2D eigenvalue weighted by Gasteiger charge is 2.18. The van der Waals surface area contributed by atoms with Crippen LogP contribution in [0.3, 0.4) is 0 Å². The Hall–Kier alpha value is -1.66. The average Bonchev–Trinajstić information content (AvgIpc) is 2.99. The summed E-state index contributed by atoms with van der Waals surface area (Å²) in [4.78, 5) is 16.2. The number of hydrogen-bond acceptors (Lipinski definition) is 5. The van der Waals surface area contributed by atoms with E-state index >= 15 is 0 Å². The quantitative estimate of drug-likeness (QED) is 0.742. The van der Waals surface area contributed by atoms with Gasteiger partial charge in [0.2, 0.25) is 5.88 Å². The predicted molar refractivity (Wildman–Crippen MR) is 82.1 cm³/mol. The maximum absolute atomic E-state index is 12.1. The maximum atomic E-state index is 12.1. The Labute approximate surface area is 131 Å². The molecule has 0 bridgehead atoms. The summed E-state index contributed by atoms with van der Waals surface area (Å²) < 4.78 is 16.4. The minimum Gasteiger partial charge on any atom is -0.472 e. The number of nitrogens with zero attached hydrogens (tertiary/aromatic N) is 1. The minimum atomic E-state index is -0.125. The van der Waals surface area contributed by atoms with E-state index in [0.717, 1.165) is 12.8 Å². The molecule has 2 rings (SSSR count). The molecule has 0 spiro atoms. The topological polar surface area (TPSA) is 69.7 Å². The fraction of sp³-hybridized carbons (Fsp3) is 0.625. The third-order valence-electron chi connectivity index (χ3n) is 3.23. The smallest absolute Gasteiger partial charge is 0.251 e. The van der Waals surface area contributed by atoms with Gasteiger partial charge in [-0.1, -0.05) is 0 Å². The van der Waals surface area contributed by atoms with Crippen LogP contribution in [0.15, 0.2) is 18.3 Å². The third-order valence-corrected chi connectivity index (χ3v) is 3.23. The predicted octanol–water partition coefficient (Wildman–Crippen LogP) is 1.79. The van der Waals surface area contributed by atoms with Gasteiger partial charge in [-0.15, -0.1) is 0 Å². The summed E-state index contributed by atoms with van der Waals surface area (Å²) in [6, 6.07) is 3.34. The van der Waals surface area contributed by atoms with Crippen LogP contribution in [0.25, 0.3) is 0 Å². The highest BCUT2D eigenvalue weighted by molar-refractivity contribution is 5.94. The van der Waals surface area contributed by atoms with Crippen LogP contribution in [0.5, 0.6) is 5.88 Å². The molecule has 1 N–H and O–H groups in total. The van der Waals surface area contributed by atoms with E-state index in [-0.39, 0.29) is 18.1 Å². The van der Waals surface area contributed by atoms with Crippen molar-refractivity contribution in [2.24, 2.45) is 0 Å². The van der Waals surface area contributed by atoms with Crippen LogP contribution in [0, 0.1) is 0 Å². The van der Waals surface area contributed by atoms with Crippen LogP contribution >= 0.6 is 0 Å². The second-order valence-electron chi connectivity index (χ2n) is 5.52. The van der Waals surface area contributed by atoms with E-state index in [2.05, 4.69) is 10.3 Å².